The minimum atomic E-state index is -0.0337. The maximum Gasteiger partial charge on any atom is 0.195 e. The molecule has 0 atom stereocenters. The first-order valence-electron chi connectivity index (χ1n) is 12.5. The first-order chi connectivity index (χ1) is 19.0. The van der Waals surface area contributed by atoms with E-state index in [0.717, 1.165) is 43.4 Å². The quantitative estimate of drug-likeness (QED) is 0.192. The molecule has 6 rings (SSSR count). The van der Waals surface area contributed by atoms with E-state index in [0.29, 0.717) is 23.2 Å². The van der Waals surface area contributed by atoms with Crippen LogP contribution in [0.3, 0.4) is 0 Å². The lowest BCUT2D eigenvalue weighted by Gasteiger charge is -2.12. The Bertz CT molecular complexity index is 1880. The zero-order valence-corrected chi connectivity index (χ0v) is 22.8. The number of nitrogens with zero attached hydrogens (tertiary/aromatic N) is 4. The first kappa shape index (κ1) is 24.6. The standard InChI is InChI=1S/C33H23BrN4O/c1-22-32(33(39)26-8-4-9-27(34)16-26)30(29-11-5-7-25-6-2-3-10-28(25)29)20-38(22)31-18-36-21-37(31)19-24-14-12-23(17-35)13-15-24/h2-16,18,20-21H,19H2,1H3. The monoisotopic (exact) mass is 570 g/mol. The van der Waals surface area contributed by atoms with Gasteiger partial charge in [-0.25, -0.2) is 4.98 Å². The Balaban J connectivity index is 1.53. The molecule has 2 heterocycles. The molecule has 2 aromatic heterocycles. The van der Waals surface area contributed by atoms with E-state index >= 15 is 0 Å². The molecule has 0 unspecified atom stereocenters. The summed E-state index contributed by atoms with van der Waals surface area (Å²) in [5.74, 6) is 0.820. The minimum absolute atomic E-state index is 0.0337. The highest BCUT2D eigenvalue weighted by Gasteiger charge is 2.24. The maximum atomic E-state index is 14.1. The van der Waals surface area contributed by atoms with E-state index in [2.05, 4.69) is 66.6 Å². The van der Waals surface area contributed by atoms with Crippen LogP contribution in [0.2, 0.25) is 0 Å². The van der Waals surface area contributed by atoms with Gasteiger partial charge in [0, 0.05) is 27.5 Å². The molecule has 0 amide bonds. The summed E-state index contributed by atoms with van der Waals surface area (Å²) in [4.78, 5) is 18.5. The summed E-state index contributed by atoms with van der Waals surface area (Å²) < 4.78 is 4.96. The third kappa shape index (κ3) is 4.58. The first-order valence-corrected chi connectivity index (χ1v) is 13.3. The van der Waals surface area contributed by atoms with Crippen LogP contribution >= 0.6 is 15.9 Å². The van der Waals surface area contributed by atoms with Crippen LogP contribution in [-0.2, 0) is 6.54 Å². The molecule has 0 aliphatic rings. The molecular formula is C33H23BrN4O. The van der Waals surface area contributed by atoms with Gasteiger partial charge in [-0.15, -0.1) is 0 Å². The summed E-state index contributed by atoms with van der Waals surface area (Å²) in [6.45, 7) is 2.57. The topological polar surface area (TPSA) is 63.6 Å². The summed E-state index contributed by atoms with van der Waals surface area (Å²) in [5, 5.41) is 11.3. The largest absolute Gasteiger partial charge is 0.312 e. The van der Waals surface area contributed by atoms with Gasteiger partial charge in [0.05, 0.1) is 36.3 Å². The normalized spacial score (nSPS) is 11.0. The molecule has 188 valence electrons. The summed E-state index contributed by atoms with van der Waals surface area (Å²) in [7, 11) is 0. The molecule has 5 nitrogen and oxygen atoms in total. The molecule has 4 aromatic carbocycles. The van der Waals surface area contributed by atoms with Crippen molar-refractivity contribution < 1.29 is 4.79 Å². The molecule has 6 aromatic rings. The van der Waals surface area contributed by atoms with Crippen LogP contribution in [0.4, 0.5) is 0 Å². The fourth-order valence-corrected chi connectivity index (χ4v) is 5.49. The van der Waals surface area contributed by atoms with Crippen molar-refractivity contribution in [3.8, 4) is 23.0 Å². The van der Waals surface area contributed by atoms with Gasteiger partial charge in [-0.1, -0.05) is 82.7 Å². The lowest BCUT2D eigenvalue weighted by atomic mass is 9.93. The predicted molar refractivity (Wildman–Crippen MR) is 157 cm³/mol. The van der Waals surface area contributed by atoms with E-state index in [1.807, 2.05) is 79.9 Å². The van der Waals surface area contributed by atoms with Gasteiger partial charge in [0.25, 0.3) is 0 Å². The van der Waals surface area contributed by atoms with Crippen LogP contribution in [0.5, 0.6) is 0 Å². The number of carbonyl (C=O) groups excluding carboxylic acids is 1. The fourth-order valence-electron chi connectivity index (χ4n) is 5.09. The van der Waals surface area contributed by atoms with Crippen LogP contribution < -0.4 is 0 Å². The number of aromatic nitrogens is 3. The molecule has 0 spiro atoms. The van der Waals surface area contributed by atoms with Crippen molar-refractivity contribution in [2.45, 2.75) is 13.5 Å². The summed E-state index contributed by atoms with van der Waals surface area (Å²) in [6.07, 6.45) is 5.66. The third-order valence-corrected chi connectivity index (χ3v) is 7.51. The maximum absolute atomic E-state index is 14.1. The number of hydrogen-bond donors (Lipinski definition) is 0. The van der Waals surface area contributed by atoms with Crippen molar-refractivity contribution in [3.05, 3.63) is 142 Å². The van der Waals surface area contributed by atoms with Crippen LogP contribution in [-0.4, -0.2) is 19.9 Å². The second-order valence-corrected chi connectivity index (χ2v) is 10.3. The van der Waals surface area contributed by atoms with Gasteiger partial charge in [-0.2, -0.15) is 5.26 Å². The number of carbonyl (C=O) groups is 1. The molecule has 0 aliphatic heterocycles. The van der Waals surface area contributed by atoms with Crippen LogP contribution in [0.1, 0.15) is 32.7 Å². The van der Waals surface area contributed by atoms with E-state index < -0.39 is 0 Å². The average Bonchev–Trinajstić information content (AvgIpc) is 3.56. The van der Waals surface area contributed by atoms with Gasteiger partial charge in [0.1, 0.15) is 5.82 Å². The Morgan fingerprint density at radius 2 is 1.72 bits per heavy atom. The summed E-state index contributed by atoms with van der Waals surface area (Å²) in [5.41, 5.74) is 5.68. The molecule has 0 bridgehead atoms. The number of halogens is 1. The van der Waals surface area contributed by atoms with E-state index in [-0.39, 0.29) is 5.78 Å². The lowest BCUT2D eigenvalue weighted by molar-refractivity contribution is 0.103. The molecule has 0 saturated carbocycles. The van der Waals surface area contributed by atoms with Crippen molar-refractivity contribution in [2.24, 2.45) is 0 Å². The second kappa shape index (κ2) is 10.2. The van der Waals surface area contributed by atoms with Crippen molar-refractivity contribution >= 4 is 32.5 Å². The van der Waals surface area contributed by atoms with Crippen molar-refractivity contribution in [1.29, 1.82) is 5.26 Å². The van der Waals surface area contributed by atoms with E-state index in [1.54, 1.807) is 6.33 Å². The third-order valence-electron chi connectivity index (χ3n) is 7.02. The molecule has 0 radical (unpaired) electrons. The number of ketones is 1. The Morgan fingerprint density at radius 3 is 2.51 bits per heavy atom. The molecule has 0 saturated heterocycles. The highest BCUT2D eigenvalue weighted by atomic mass is 79.9. The Hall–Kier alpha value is -4.73. The number of nitriles is 1. The Kier molecular flexibility index (Phi) is 6.44. The summed E-state index contributed by atoms with van der Waals surface area (Å²) in [6, 6.07) is 31.7. The SMILES string of the molecule is Cc1c(C(=O)c2cccc(Br)c2)c(-c2cccc3ccccc23)cn1-c1cncn1Cc1ccc(C#N)cc1. The van der Waals surface area contributed by atoms with Crippen molar-refractivity contribution in [2.75, 3.05) is 0 Å². The predicted octanol–water partition coefficient (Wildman–Crippen LogP) is 7.72. The summed E-state index contributed by atoms with van der Waals surface area (Å²) >= 11 is 3.52. The molecule has 0 fully saturated rings. The molecule has 6 heteroatoms. The number of fused-ring (bicyclic) bond motifs is 1. The molecule has 39 heavy (non-hydrogen) atoms. The smallest absolute Gasteiger partial charge is 0.195 e. The van der Waals surface area contributed by atoms with Gasteiger partial charge in [0.2, 0.25) is 0 Å². The highest BCUT2D eigenvalue weighted by Crippen LogP contribution is 2.36. The zero-order chi connectivity index (χ0) is 26.9. The van der Waals surface area contributed by atoms with E-state index in [4.69, 9.17) is 5.26 Å². The van der Waals surface area contributed by atoms with Gasteiger partial charge in [-0.3, -0.25) is 4.79 Å². The van der Waals surface area contributed by atoms with Gasteiger partial charge in [0.15, 0.2) is 5.78 Å². The van der Waals surface area contributed by atoms with Crippen LogP contribution in [0.15, 0.2) is 114 Å². The van der Waals surface area contributed by atoms with E-state index in [1.165, 1.54) is 0 Å². The van der Waals surface area contributed by atoms with Crippen molar-refractivity contribution in [3.63, 3.8) is 0 Å². The number of hydrogen-bond acceptors (Lipinski definition) is 3. The van der Waals surface area contributed by atoms with Gasteiger partial charge >= 0.3 is 0 Å². The number of imidazole rings is 1. The molecular weight excluding hydrogens is 548 g/mol. The Morgan fingerprint density at radius 1 is 0.949 bits per heavy atom. The minimum Gasteiger partial charge on any atom is -0.312 e. The van der Waals surface area contributed by atoms with Gasteiger partial charge in [-0.05, 0) is 53.1 Å². The highest BCUT2D eigenvalue weighted by molar-refractivity contribution is 9.10. The van der Waals surface area contributed by atoms with Gasteiger partial charge < -0.3 is 9.13 Å². The fraction of sp³-hybridized carbons (Fsp3) is 0.0606. The lowest BCUT2D eigenvalue weighted by Crippen LogP contribution is -2.09. The van der Waals surface area contributed by atoms with Crippen molar-refractivity contribution in [1.82, 2.24) is 14.1 Å². The zero-order valence-electron chi connectivity index (χ0n) is 21.2. The van der Waals surface area contributed by atoms with Crippen LogP contribution in [0.25, 0.3) is 27.7 Å². The Labute approximate surface area is 234 Å². The second-order valence-electron chi connectivity index (χ2n) is 9.43. The van der Waals surface area contributed by atoms with Crippen LogP contribution in [0, 0.1) is 18.3 Å². The average molecular weight is 571 g/mol. The number of rotatable bonds is 6. The molecule has 0 N–H and O–H groups in total. The van der Waals surface area contributed by atoms with E-state index in [9.17, 15) is 4.79 Å². The molecule has 0 aliphatic carbocycles. The number of benzene rings is 4.